The molecule has 30 heavy (non-hydrogen) atoms. The first-order valence-electron chi connectivity index (χ1n) is 9.52. The molecule has 1 heterocycles. The van der Waals surface area contributed by atoms with Gasteiger partial charge in [0.1, 0.15) is 5.75 Å². The van der Waals surface area contributed by atoms with Crippen molar-refractivity contribution in [1.82, 2.24) is 10.2 Å². The average molecular weight is 400 g/mol. The van der Waals surface area contributed by atoms with Gasteiger partial charge in [-0.1, -0.05) is 36.4 Å². The first-order chi connectivity index (χ1) is 14.6. The summed E-state index contributed by atoms with van der Waals surface area (Å²) in [5.74, 6) is -0.0225. The largest absolute Gasteiger partial charge is 0.497 e. The number of amides is 3. The topological polar surface area (TPSA) is 75.7 Å². The van der Waals surface area contributed by atoms with Crippen LogP contribution in [-0.2, 0) is 13.1 Å². The van der Waals surface area contributed by atoms with Gasteiger partial charge in [-0.15, -0.1) is 0 Å². The Kier molecular flexibility index (Phi) is 5.30. The van der Waals surface area contributed by atoms with Crippen LogP contribution in [-0.4, -0.2) is 29.7 Å². The molecule has 0 unspecified atom stereocenters. The highest BCUT2D eigenvalue weighted by Crippen LogP contribution is 2.24. The van der Waals surface area contributed by atoms with Crippen molar-refractivity contribution in [3.63, 3.8) is 0 Å². The Labute approximate surface area is 174 Å². The zero-order valence-electron chi connectivity index (χ0n) is 16.4. The van der Waals surface area contributed by atoms with Crippen molar-refractivity contribution >= 4 is 17.7 Å². The molecule has 0 saturated carbocycles. The van der Waals surface area contributed by atoms with E-state index in [1.807, 2.05) is 24.3 Å². The molecule has 1 N–H and O–H groups in total. The number of nitrogens with zero attached hydrogens (tertiary/aromatic N) is 1. The van der Waals surface area contributed by atoms with E-state index in [1.165, 1.54) is 4.90 Å². The van der Waals surface area contributed by atoms with Gasteiger partial charge in [0.15, 0.2) is 0 Å². The molecule has 1 aliphatic heterocycles. The standard InChI is InChI=1S/C24H20N2O4/c1-30-19-12-8-16(9-13-19)14-25-22(27)18-10-6-17(7-11-18)15-26-23(28)20-4-2-3-5-21(20)24(26)29/h2-13H,14-15H2,1H3,(H,25,27). The van der Waals surface area contributed by atoms with Crippen LogP contribution in [0.2, 0.25) is 0 Å². The third-order valence-corrected chi connectivity index (χ3v) is 5.05. The number of nitrogens with one attached hydrogen (secondary N) is 1. The van der Waals surface area contributed by atoms with Crippen LogP contribution in [0.1, 0.15) is 42.2 Å². The number of ether oxygens (including phenoxy) is 1. The second kappa shape index (κ2) is 8.21. The lowest BCUT2D eigenvalue weighted by Gasteiger charge is -2.14. The fourth-order valence-electron chi connectivity index (χ4n) is 3.35. The zero-order valence-corrected chi connectivity index (χ0v) is 16.4. The average Bonchev–Trinajstić information content (AvgIpc) is 3.03. The molecule has 0 atom stereocenters. The smallest absolute Gasteiger partial charge is 0.261 e. The maximum absolute atomic E-state index is 12.5. The Morgan fingerprint density at radius 3 is 1.97 bits per heavy atom. The molecular formula is C24H20N2O4. The minimum atomic E-state index is -0.295. The predicted octanol–water partition coefficient (Wildman–Crippen LogP) is 3.42. The number of carbonyl (C=O) groups is 3. The van der Waals surface area contributed by atoms with E-state index < -0.39 is 0 Å². The van der Waals surface area contributed by atoms with Gasteiger partial charge >= 0.3 is 0 Å². The molecule has 0 fully saturated rings. The quantitative estimate of drug-likeness (QED) is 0.644. The van der Waals surface area contributed by atoms with E-state index in [-0.39, 0.29) is 24.3 Å². The number of rotatable bonds is 6. The molecule has 0 aliphatic carbocycles. The van der Waals surface area contributed by atoms with Crippen LogP contribution in [0.15, 0.2) is 72.8 Å². The Morgan fingerprint density at radius 2 is 1.40 bits per heavy atom. The van der Waals surface area contributed by atoms with Crippen LogP contribution in [0.5, 0.6) is 5.75 Å². The van der Waals surface area contributed by atoms with Crippen molar-refractivity contribution in [2.75, 3.05) is 7.11 Å². The third-order valence-electron chi connectivity index (χ3n) is 5.05. The molecule has 0 spiro atoms. The summed E-state index contributed by atoms with van der Waals surface area (Å²) in [4.78, 5) is 38.6. The van der Waals surface area contributed by atoms with E-state index in [0.717, 1.165) is 16.9 Å². The second-order valence-corrected chi connectivity index (χ2v) is 6.97. The first-order valence-corrected chi connectivity index (χ1v) is 9.52. The van der Waals surface area contributed by atoms with Crippen molar-refractivity contribution < 1.29 is 19.1 Å². The minimum Gasteiger partial charge on any atom is -0.497 e. The maximum atomic E-state index is 12.5. The molecular weight excluding hydrogens is 380 g/mol. The summed E-state index contributed by atoms with van der Waals surface area (Å²) in [5, 5.41) is 2.87. The first kappa shape index (κ1) is 19.4. The highest BCUT2D eigenvalue weighted by Gasteiger charge is 2.34. The van der Waals surface area contributed by atoms with Gasteiger partial charge in [0.05, 0.1) is 24.8 Å². The normalized spacial score (nSPS) is 12.6. The summed E-state index contributed by atoms with van der Waals surface area (Å²) in [6.07, 6.45) is 0. The molecule has 3 aromatic carbocycles. The molecule has 1 aliphatic rings. The summed E-state index contributed by atoms with van der Waals surface area (Å²) >= 11 is 0. The molecule has 0 bridgehead atoms. The Bertz CT molecular complexity index is 1070. The van der Waals surface area contributed by atoms with Crippen molar-refractivity contribution in [3.05, 3.63) is 101 Å². The van der Waals surface area contributed by atoms with Gasteiger partial charge in [-0.05, 0) is 47.5 Å². The lowest BCUT2D eigenvalue weighted by molar-refractivity contribution is 0.0641. The van der Waals surface area contributed by atoms with Gasteiger partial charge in [0.25, 0.3) is 17.7 Å². The molecule has 6 heteroatoms. The van der Waals surface area contributed by atoms with Crippen LogP contribution < -0.4 is 10.1 Å². The zero-order chi connectivity index (χ0) is 21.1. The summed E-state index contributed by atoms with van der Waals surface area (Å²) in [7, 11) is 1.61. The van der Waals surface area contributed by atoms with E-state index in [2.05, 4.69) is 5.32 Å². The van der Waals surface area contributed by atoms with Crippen LogP contribution in [0.3, 0.4) is 0 Å². The maximum Gasteiger partial charge on any atom is 0.261 e. The van der Waals surface area contributed by atoms with E-state index >= 15 is 0 Å². The van der Waals surface area contributed by atoms with E-state index in [0.29, 0.717) is 23.2 Å². The van der Waals surface area contributed by atoms with Crippen molar-refractivity contribution in [3.8, 4) is 5.75 Å². The van der Waals surface area contributed by atoms with Gasteiger partial charge in [-0.2, -0.15) is 0 Å². The second-order valence-electron chi connectivity index (χ2n) is 6.97. The number of hydrogen-bond donors (Lipinski definition) is 1. The fourth-order valence-corrected chi connectivity index (χ4v) is 3.35. The summed E-state index contributed by atoms with van der Waals surface area (Å²) in [6, 6.07) is 21.2. The highest BCUT2D eigenvalue weighted by molar-refractivity contribution is 6.21. The lowest BCUT2D eigenvalue weighted by atomic mass is 10.1. The van der Waals surface area contributed by atoms with Gasteiger partial charge < -0.3 is 10.1 Å². The van der Waals surface area contributed by atoms with Crippen LogP contribution in [0, 0.1) is 0 Å². The monoisotopic (exact) mass is 400 g/mol. The summed E-state index contributed by atoms with van der Waals surface area (Å²) in [5.41, 5.74) is 3.10. The van der Waals surface area contributed by atoms with Crippen molar-refractivity contribution in [2.45, 2.75) is 13.1 Å². The molecule has 4 rings (SSSR count). The Balaban J connectivity index is 1.37. The number of imide groups is 1. The summed E-state index contributed by atoms with van der Waals surface area (Å²) in [6.45, 7) is 0.569. The number of benzene rings is 3. The van der Waals surface area contributed by atoms with E-state index in [4.69, 9.17) is 4.74 Å². The van der Waals surface area contributed by atoms with Gasteiger partial charge in [-0.3, -0.25) is 19.3 Å². The molecule has 6 nitrogen and oxygen atoms in total. The van der Waals surface area contributed by atoms with E-state index in [1.54, 1.807) is 55.6 Å². The molecule has 3 aromatic rings. The molecule has 3 amide bonds. The highest BCUT2D eigenvalue weighted by atomic mass is 16.5. The lowest BCUT2D eigenvalue weighted by Crippen LogP contribution is -2.29. The molecule has 0 radical (unpaired) electrons. The number of methoxy groups -OCH3 is 1. The molecule has 0 aromatic heterocycles. The number of hydrogen-bond acceptors (Lipinski definition) is 4. The Hall–Kier alpha value is -3.93. The Morgan fingerprint density at radius 1 is 0.833 bits per heavy atom. The fraction of sp³-hybridized carbons (Fsp3) is 0.125. The van der Waals surface area contributed by atoms with E-state index in [9.17, 15) is 14.4 Å². The van der Waals surface area contributed by atoms with Crippen LogP contribution in [0.25, 0.3) is 0 Å². The molecule has 0 saturated heterocycles. The van der Waals surface area contributed by atoms with Gasteiger partial charge in [0.2, 0.25) is 0 Å². The van der Waals surface area contributed by atoms with Crippen LogP contribution >= 0.6 is 0 Å². The third kappa shape index (κ3) is 3.80. The van der Waals surface area contributed by atoms with Crippen LogP contribution in [0.4, 0.5) is 0 Å². The van der Waals surface area contributed by atoms with Crippen molar-refractivity contribution in [1.29, 1.82) is 0 Å². The van der Waals surface area contributed by atoms with Gasteiger partial charge in [-0.25, -0.2) is 0 Å². The predicted molar refractivity (Wildman–Crippen MR) is 111 cm³/mol. The summed E-state index contributed by atoms with van der Waals surface area (Å²) < 4.78 is 5.12. The number of fused-ring (bicyclic) bond motifs is 1. The minimum absolute atomic E-state index is 0.167. The SMILES string of the molecule is COc1ccc(CNC(=O)c2ccc(CN3C(=O)c4ccccc4C3=O)cc2)cc1. The molecule has 150 valence electrons. The van der Waals surface area contributed by atoms with Crippen molar-refractivity contribution in [2.24, 2.45) is 0 Å². The van der Waals surface area contributed by atoms with Gasteiger partial charge in [0, 0.05) is 12.1 Å². The number of carbonyl (C=O) groups excluding carboxylic acids is 3.